The monoisotopic (exact) mass is 460 g/mol. The van der Waals surface area contributed by atoms with Crippen molar-refractivity contribution in [3.05, 3.63) is 30.3 Å². The van der Waals surface area contributed by atoms with Gasteiger partial charge in [-0.1, -0.05) is 31.5 Å². The summed E-state index contributed by atoms with van der Waals surface area (Å²) in [7, 11) is 1.83. The molecule has 25 heavy (non-hydrogen) atoms. The first-order valence-electron chi connectivity index (χ1n) is 9.18. The molecule has 1 aliphatic rings. The van der Waals surface area contributed by atoms with E-state index < -0.39 is 0 Å². The first-order valence-corrected chi connectivity index (χ1v) is 9.18. The maximum Gasteiger partial charge on any atom is 0.191 e. The molecule has 1 aliphatic heterocycles. The van der Waals surface area contributed by atoms with E-state index in [2.05, 4.69) is 57.8 Å². The molecule has 0 spiro atoms. The second-order valence-electron chi connectivity index (χ2n) is 6.23. The summed E-state index contributed by atoms with van der Waals surface area (Å²) < 4.78 is 5.58. The second-order valence-corrected chi connectivity index (χ2v) is 6.23. The average molecular weight is 460 g/mol. The summed E-state index contributed by atoms with van der Waals surface area (Å²) in [5.41, 5.74) is 1.30. The fourth-order valence-corrected chi connectivity index (χ4v) is 2.87. The zero-order valence-electron chi connectivity index (χ0n) is 15.5. The third kappa shape index (κ3) is 8.27. The zero-order valence-corrected chi connectivity index (χ0v) is 17.9. The van der Waals surface area contributed by atoms with Crippen LogP contribution in [0.15, 0.2) is 35.3 Å². The Morgan fingerprint density at radius 2 is 2.00 bits per heavy atom. The van der Waals surface area contributed by atoms with Gasteiger partial charge in [-0.25, -0.2) is 0 Å². The van der Waals surface area contributed by atoms with Crippen LogP contribution in [-0.2, 0) is 4.74 Å². The quantitative estimate of drug-likeness (QED) is 0.257. The number of hydrogen-bond acceptors (Lipinski definition) is 3. The van der Waals surface area contributed by atoms with E-state index in [0.717, 1.165) is 58.1 Å². The number of para-hydroxylation sites is 1. The van der Waals surface area contributed by atoms with Gasteiger partial charge in [-0.15, -0.1) is 24.0 Å². The molecule has 2 rings (SSSR count). The molecule has 1 unspecified atom stereocenters. The van der Waals surface area contributed by atoms with Crippen LogP contribution in [-0.4, -0.2) is 51.9 Å². The Morgan fingerprint density at radius 1 is 1.24 bits per heavy atom. The predicted molar refractivity (Wildman–Crippen MR) is 117 cm³/mol. The van der Waals surface area contributed by atoms with Gasteiger partial charge in [0.25, 0.3) is 0 Å². The van der Waals surface area contributed by atoms with Crippen molar-refractivity contribution in [3.63, 3.8) is 0 Å². The van der Waals surface area contributed by atoms with Crippen molar-refractivity contribution >= 4 is 35.6 Å². The Bertz CT molecular complexity index is 484. The van der Waals surface area contributed by atoms with Crippen LogP contribution in [0.25, 0.3) is 0 Å². The molecule has 1 aromatic rings. The number of nitrogens with one attached hydrogen (secondary N) is 2. The van der Waals surface area contributed by atoms with Gasteiger partial charge in [0.05, 0.1) is 0 Å². The maximum atomic E-state index is 5.58. The highest BCUT2D eigenvalue weighted by atomic mass is 127. The number of hydrogen-bond donors (Lipinski definition) is 2. The molecular formula is C19H33IN4O. The van der Waals surface area contributed by atoms with Gasteiger partial charge in [0.1, 0.15) is 0 Å². The van der Waals surface area contributed by atoms with Crippen LogP contribution >= 0.6 is 24.0 Å². The molecule has 0 bridgehead atoms. The fraction of sp³-hybridized carbons (Fsp3) is 0.632. The molecule has 1 atom stereocenters. The Balaban J connectivity index is 0.00000312. The lowest BCUT2D eigenvalue weighted by atomic mass is 10.3. The van der Waals surface area contributed by atoms with E-state index in [4.69, 9.17) is 4.74 Å². The standard InChI is InChI=1S/C19H32N4O.HI/c1-3-4-14-24-15-8-12-21-19(20-2)22-17-11-13-23(16-17)18-9-6-5-7-10-18;/h5-7,9-10,17H,3-4,8,11-16H2,1-2H3,(H2,20,21,22);1H. The predicted octanol–water partition coefficient (Wildman–Crippen LogP) is 3.26. The highest BCUT2D eigenvalue weighted by Crippen LogP contribution is 2.19. The molecule has 1 saturated heterocycles. The minimum absolute atomic E-state index is 0. The van der Waals surface area contributed by atoms with E-state index in [1.807, 2.05) is 7.05 Å². The van der Waals surface area contributed by atoms with Gasteiger partial charge in [-0.3, -0.25) is 4.99 Å². The summed E-state index contributed by atoms with van der Waals surface area (Å²) in [4.78, 5) is 6.75. The number of nitrogens with zero attached hydrogens (tertiary/aromatic N) is 2. The van der Waals surface area contributed by atoms with Crippen molar-refractivity contribution in [3.8, 4) is 0 Å². The van der Waals surface area contributed by atoms with Crippen molar-refractivity contribution in [1.29, 1.82) is 0 Å². The lowest BCUT2D eigenvalue weighted by molar-refractivity contribution is 0.129. The number of guanidine groups is 1. The largest absolute Gasteiger partial charge is 0.381 e. The molecule has 6 heteroatoms. The summed E-state index contributed by atoms with van der Waals surface area (Å²) >= 11 is 0. The second kappa shape index (κ2) is 13.2. The normalized spacial score (nSPS) is 17.3. The summed E-state index contributed by atoms with van der Waals surface area (Å²) in [6.07, 6.45) is 4.48. The Morgan fingerprint density at radius 3 is 2.72 bits per heavy atom. The van der Waals surface area contributed by atoms with Crippen LogP contribution in [0.1, 0.15) is 32.6 Å². The minimum atomic E-state index is 0. The molecule has 0 saturated carbocycles. The molecule has 142 valence electrons. The zero-order chi connectivity index (χ0) is 17.0. The molecule has 0 aliphatic carbocycles. The van der Waals surface area contributed by atoms with Crippen LogP contribution in [0.3, 0.4) is 0 Å². The van der Waals surface area contributed by atoms with Gasteiger partial charge < -0.3 is 20.3 Å². The van der Waals surface area contributed by atoms with E-state index in [9.17, 15) is 0 Å². The summed E-state index contributed by atoms with van der Waals surface area (Å²) in [6.45, 7) is 6.87. The molecule has 0 aromatic heterocycles. The molecule has 2 N–H and O–H groups in total. The molecule has 1 fully saturated rings. The van der Waals surface area contributed by atoms with Crippen molar-refractivity contribution in [2.24, 2.45) is 4.99 Å². The molecular weight excluding hydrogens is 427 g/mol. The number of anilines is 1. The van der Waals surface area contributed by atoms with Gasteiger partial charge in [0, 0.05) is 51.6 Å². The Labute approximate surface area is 169 Å². The lowest BCUT2D eigenvalue weighted by Gasteiger charge is -2.20. The van der Waals surface area contributed by atoms with Crippen LogP contribution in [0.4, 0.5) is 5.69 Å². The first-order chi connectivity index (χ1) is 11.8. The van der Waals surface area contributed by atoms with Crippen molar-refractivity contribution in [1.82, 2.24) is 10.6 Å². The van der Waals surface area contributed by atoms with E-state index in [0.29, 0.717) is 6.04 Å². The summed E-state index contributed by atoms with van der Waals surface area (Å²) in [6, 6.07) is 11.0. The molecule has 0 amide bonds. The van der Waals surface area contributed by atoms with E-state index in [-0.39, 0.29) is 24.0 Å². The molecule has 0 radical (unpaired) electrons. The van der Waals surface area contributed by atoms with Crippen LogP contribution < -0.4 is 15.5 Å². The van der Waals surface area contributed by atoms with Crippen LogP contribution in [0.5, 0.6) is 0 Å². The maximum absolute atomic E-state index is 5.58. The fourth-order valence-electron chi connectivity index (χ4n) is 2.87. The van der Waals surface area contributed by atoms with Gasteiger partial charge in [-0.05, 0) is 31.4 Å². The topological polar surface area (TPSA) is 48.9 Å². The average Bonchev–Trinajstić information content (AvgIpc) is 3.09. The van der Waals surface area contributed by atoms with Gasteiger partial charge >= 0.3 is 0 Å². The van der Waals surface area contributed by atoms with Gasteiger partial charge in [0.2, 0.25) is 0 Å². The van der Waals surface area contributed by atoms with Gasteiger partial charge in [-0.2, -0.15) is 0 Å². The first kappa shape index (κ1) is 22.0. The van der Waals surface area contributed by atoms with E-state index in [1.165, 1.54) is 12.1 Å². The van der Waals surface area contributed by atoms with Crippen molar-refractivity contribution in [2.75, 3.05) is 44.8 Å². The lowest BCUT2D eigenvalue weighted by Crippen LogP contribution is -2.45. The van der Waals surface area contributed by atoms with Gasteiger partial charge in [0.15, 0.2) is 5.96 Å². The third-order valence-corrected chi connectivity index (χ3v) is 4.27. The molecule has 5 nitrogen and oxygen atoms in total. The number of ether oxygens (including phenoxy) is 1. The summed E-state index contributed by atoms with van der Waals surface area (Å²) in [5, 5.41) is 6.92. The SMILES string of the molecule is CCCCOCCCNC(=NC)NC1CCN(c2ccccc2)C1.I. The van der Waals surface area contributed by atoms with Crippen molar-refractivity contribution < 1.29 is 4.74 Å². The van der Waals surface area contributed by atoms with E-state index >= 15 is 0 Å². The molecule has 1 heterocycles. The molecule has 1 aromatic carbocycles. The Hall–Kier alpha value is -1.02. The number of unbranched alkanes of at least 4 members (excludes halogenated alkanes) is 1. The van der Waals surface area contributed by atoms with Crippen molar-refractivity contribution in [2.45, 2.75) is 38.6 Å². The third-order valence-electron chi connectivity index (χ3n) is 4.27. The highest BCUT2D eigenvalue weighted by Gasteiger charge is 2.23. The summed E-state index contributed by atoms with van der Waals surface area (Å²) in [5.74, 6) is 0.892. The number of aliphatic imine (C=N–C) groups is 1. The smallest absolute Gasteiger partial charge is 0.191 e. The minimum Gasteiger partial charge on any atom is -0.381 e. The number of rotatable bonds is 9. The number of halogens is 1. The Kier molecular flexibility index (Phi) is 11.6. The highest BCUT2D eigenvalue weighted by molar-refractivity contribution is 14.0. The van der Waals surface area contributed by atoms with E-state index in [1.54, 1.807) is 0 Å². The van der Waals surface area contributed by atoms with Crippen LogP contribution in [0, 0.1) is 0 Å². The van der Waals surface area contributed by atoms with Crippen LogP contribution in [0.2, 0.25) is 0 Å². The number of benzene rings is 1.